The monoisotopic (exact) mass is 481 g/mol. The summed E-state index contributed by atoms with van der Waals surface area (Å²) in [5.74, 6) is 0.827. The van der Waals surface area contributed by atoms with Crippen LogP contribution in [-0.2, 0) is 5.41 Å². The third-order valence-corrected chi connectivity index (χ3v) is 7.11. The molecule has 2 heterocycles. The van der Waals surface area contributed by atoms with Crippen molar-refractivity contribution in [2.75, 3.05) is 39.1 Å². The van der Waals surface area contributed by atoms with Crippen LogP contribution in [0.5, 0.6) is 5.75 Å². The second-order valence-corrected chi connectivity index (χ2v) is 9.27. The van der Waals surface area contributed by atoms with Crippen LogP contribution < -0.4 is 10.1 Å². The van der Waals surface area contributed by atoms with E-state index in [-0.39, 0.29) is 17.8 Å². The molecule has 0 aliphatic carbocycles. The highest BCUT2D eigenvalue weighted by molar-refractivity contribution is 6.31. The van der Waals surface area contributed by atoms with Crippen LogP contribution >= 0.6 is 24.0 Å². The molecular weight excluding hydrogens is 453 g/mol. The molecule has 1 saturated heterocycles. The van der Waals surface area contributed by atoms with E-state index in [1.54, 1.807) is 7.11 Å². The number of rotatable bonds is 5. The number of piperidine rings is 1. The molecule has 1 aliphatic heterocycles. The number of pyridine rings is 1. The zero-order valence-corrected chi connectivity index (χ0v) is 20.5. The number of aromatic nitrogens is 1. The van der Waals surface area contributed by atoms with Crippen molar-refractivity contribution in [3.05, 3.63) is 77.3 Å². The van der Waals surface area contributed by atoms with Crippen LogP contribution in [0.15, 0.2) is 66.7 Å². The molecule has 0 amide bonds. The van der Waals surface area contributed by atoms with E-state index < -0.39 is 0 Å². The number of methoxy groups -OCH3 is 1. The number of hydrogen-bond acceptors (Lipinski definition) is 4. The molecule has 0 spiro atoms. The molecule has 1 aromatic heterocycles. The summed E-state index contributed by atoms with van der Waals surface area (Å²) in [6, 6.07) is 22.9. The lowest BCUT2D eigenvalue weighted by molar-refractivity contribution is 0.195. The number of ether oxygens (including phenoxy) is 1. The van der Waals surface area contributed by atoms with Crippen molar-refractivity contribution in [2.24, 2.45) is 0 Å². The van der Waals surface area contributed by atoms with Gasteiger partial charge < -0.3 is 15.0 Å². The number of nitrogens with one attached hydrogen (secondary N) is 1. The first-order valence-corrected chi connectivity index (χ1v) is 11.5. The fourth-order valence-electron chi connectivity index (χ4n) is 4.88. The zero-order valence-electron chi connectivity index (χ0n) is 19.0. The maximum Gasteiger partial charge on any atom is 0.119 e. The summed E-state index contributed by atoms with van der Waals surface area (Å²) in [5.41, 5.74) is 4.41. The molecule has 1 aliphatic rings. The Balaban J connectivity index is 0.00000259. The average molecular weight is 482 g/mol. The Morgan fingerprint density at radius 1 is 0.970 bits per heavy atom. The van der Waals surface area contributed by atoms with Crippen molar-refractivity contribution in [3.8, 4) is 5.75 Å². The number of likely N-dealkylation sites (tertiary alicyclic amines) is 1. The summed E-state index contributed by atoms with van der Waals surface area (Å²) in [5, 5.41) is 6.70. The third kappa shape index (κ3) is 4.61. The molecule has 6 heteroatoms. The Kier molecular flexibility index (Phi) is 6.99. The number of hydrogen-bond donors (Lipinski definition) is 1. The largest absolute Gasteiger partial charge is 0.497 e. The van der Waals surface area contributed by atoms with E-state index >= 15 is 0 Å². The molecular formula is C27H29Cl2N3O. The highest BCUT2D eigenvalue weighted by Gasteiger charge is 2.35. The van der Waals surface area contributed by atoms with Crippen LogP contribution in [0.4, 0.5) is 5.69 Å². The van der Waals surface area contributed by atoms with E-state index in [1.165, 1.54) is 5.56 Å². The van der Waals surface area contributed by atoms with Gasteiger partial charge in [0.15, 0.2) is 0 Å². The fourth-order valence-corrected chi connectivity index (χ4v) is 5.04. The van der Waals surface area contributed by atoms with Gasteiger partial charge >= 0.3 is 0 Å². The first kappa shape index (κ1) is 23.6. The molecule has 0 bridgehead atoms. The molecule has 0 atom stereocenters. The van der Waals surface area contributed by atoms with Crippen molar-refractivity contribution < 1.29 is 4.74 Å². The lowest BCUT2D eigenvalue weighted by atomic mass is 9.72. The normalized spacial score (nSPS) is 15.8. The summed E-state index contributed by atoms with van der Waals surface area (Å²) >= 11 is 6.30. The summed E-state index contributed by atoms with van der Waals surface area (Å²) in [7, 11) is 3.91. The van der Waals surface area contributed by atoms with E-state index in [9.17, 15) is 0 Å². The molecule has 172 valence electrons. The predicted octanol–water partition coefficient (Wildman–Crippen LogP) is 6.55. The molecule has 0 saturated carbocycles. The molecule has 5 rings (SSSR count). The van der Waals surface area contributed by atoms with E-state index in [2.05, 4.69) is 59.7 Å². The van der Waals surface area contributed by atoms with Crippen LogP contribution in [0.25, 0.3) is 21.8 Å². The molecule has 0 unspecified atom stereocenters. The summed E-state index contributed by atoms with van der Waals surface area (Å²) in [4.78, 5) is 7.29. The Morgan fingerprint density at radius 3 is 2.45 bits per heavy atom. The van der Waals surface area contributed by atoms with Crippen molar-refractivity contribution in [1.29, 1.82) is 0 Å². The van der Waals surface area contributed by atoms with Gasteiger partial charge in [0.1, 0.15) is 5.75 Å². The second-order valence-electron chi connectivity index (χ2n) is 8.83. The minimum absolute atomic E-state index is 0. The maximum absolute atomic E-state index is 6.30. The van der Waals surface area contributed by atoms with Gasteiger partial charge in [0.2, 0.25) is 0 Å². The number of nitrogens with zero attached hydrogens (tertiary/aromatic N) is 2. The molecule has 1 fully saturated rings. The Bertz CT molecular complexity index is 1250. The molecule has 33 heavy (non-hydrogen) atoms. The van der Waals surface area contributed by atoms with Gasteiger partial charge in [-0.15, -0.1) is 12.4 Å². The fraction of sp³-hybridized carbons (Fsp3) is 0.296. The van der Waals surface area contributed by atoms with Gasteiger partial charge in [0.05, 0.1) is 23.8 Å². The van der Waals surface area contributed by atoms with Crippen molar-refractivity contribution in [3.63, 3.8) is 0 Å². The van der Waals surface area contributed by atoms with Crippen LogP contribution in [0.1, 0.15) is 18.4 Å². The summed E-state index contributed by atoms with van der Waals surface area (Å²) < 4.78 is 5.52. The lowest BCUT2D eigenvalue weighted by Crippen LogP contribution is -2.45. The summed E-state index contributed by atoms with van der Waals surface area (Å²) in [6.07, 6.45) is 2.24. The first-order chi connectivity index (χ1) is 15.6. The quantitative estimate of drug-likeness (QED) is 0.328. The minimum Gasteiger partial charge on any atom is -0.497 e. The van der Waals surface area contributed by atoms with Crippen molar-refractivity contribution in [1.82, 2.24) is 9.88 Å². The van der Waals surface area contributed by atoms with Gasteiger partial charge in [-0.25, -0.2) is 4.98 Å². The third-order valence-electron chi connectivity index (χ3n) is 6.88. The Labute approximate surface area is 206 Å². The van der Waals surface area contributed by atoms with E-state index in [4.69, 9.17) is 21.3 Å². The van der Waals surface area contributed by atoms with E-state index in [1.807, 2.05) is 24.3 Å². The molecule has 0 radical (unpaired) electrons. The number of anilines is 1. The van der Waals surface area contributed by atoms with Gasteiger partial charge in [-0.2, -0.15) is 0 Å². The van der Waals surface area contributed by atoms with Gasteiger partial charge in [0, 0.05) is 27.8 Å². The van der Waals surface area contributed by atoms with E-state index in [0.29, 0.717) is 5.02 Å². The van der Waals surface area contributed by atoms with E-state index in [0.717, 1.165) is 65.7 Å². The Morgan fingerprint density at radius 2 is 1.73 bits per heavy atom. The number of halogens is 2. The van der Waals surface area contributed by atoms with Crippen LogP contribution in [0.3, 0.4) is 0 Å². The zero-order chi connectivity index (χ0) is 22.1. The molecule has 4 nitrogen and oxygen atoms in total. The Hall–Kier alpha value is -2.53. The molecule has 4 aromatic rings. The van der Waals surface area contributed by atoms with Gasteiger partial charge in [-0.1, -0.05) is 41.9 Å². The second kappa shape index (κ2) is 9.76. The minimum atomic E-state index is 0. The SMILES string of the molecule is COc1ccc2nc3cc(Cl)ccc3c(NCC3(c4ccccc4)CCN(C)CC3)c2c1.Cl. The van der Waals surface area contributed by atoms with Crippen LogP contribution in [0.2, 0.25) is 5.02 Å². The van der Waals surface area contributed by atoms with Gasteiger partial charge in [0.25, 0.3) is 0 Å². The average Bonchev–Trinajstić information content (AvgIpc) is 2.83. The maximum atomic E-state index is 6.30. The first-order valence-electron chi connectivity index (χ1n) is 11.1. The number of fused-ring (bicyclic) bond motifs is 2. The van der Waals surface area contributed by atoms with Gasteiger partial charge in [-0.3, -0.25) is 0 Å². The number of benzene rings is 3. The highest BCUT2D eigenvalue weighted by Crippen LogP contribution is 2.39. The van der Waals surface area contributed by atoms with Crippen LogP contribution in [-0.4, -0.2) is 43.7 Å². The van der Waals surface area contributed by atoms with Gasteiger partial charge in [-0.05, 0) is 74.9 Å². The van der Waals surface area contributed by atoms with Crippen molar-refractivity contribution in [2.45, 2.75) is 18.3 Å². The standard InChI is InChI=1S/C27H28ClN3O.ClH/c1-31-14-12-27(13-15-31,19-6-4-3-5-7-19)18-29-26-22-10-8-20(28)16-25(22)30-24-11-9-21(32-2)17-23(24)26;/h3-11,16-17H,12-15,18H2,1-2H3,(H,29,30);1H. The topological polar surface area (TPSA) is 37.4 Å². The lowest BCUT2D eigenvalue weighted by Gasteiger charge is -2.41. The van der Waals surface area contributed by atoms with Crippen LogP contribution in [0, 0.1) is 0 Å². The predicted molar refractivity (Wildman–Crippen MR) is 141 cm³/mol. The highest BCUT2D eigenvalue weighted by atomic mass is 35.5. The molecule has 1 N–H and O–H groups in total. The smallest absolute Gasteiger partial charge is 0.119 e. The summed E-state index contributed by atoms with van der Waals surface area (Å²) in [6.45, 7) is 3.05. The van der Waals surface area contributed by atoms with Crippen molar-refractivity contribution >= 4 is 51.5 Å². The molecule has 3 aromatic carbocycles.